The van der Waals surface area contributed by atoms with Crippen LogP contribution in [0, 0.1) is 0 Å². The maximum atomic E-state index is 12.4. The third kappa shape index (κ3) is 5.21. The molecular formula is C16H24N2O4S. The van der Waals surface area contributed by atoms with Gasteiger partial charge in [-0.1, -0.05) is 6.92 Å². The van der Waals surface area contributed by atoms with E-state index < -0.39 is 5.97 Å². The zero-order chi connectivity index (χ0) is 16.7. The van der Waals surface area contributed by atoms with Crippen molar-refractivity contribution in [2.45, 2.75) is 38.7 Å². The van der Waals surface area contributed by atoms with Gasteiger partial charge in [-0.25, -0.2) is 9.59 Å². The smallest absolute Gasteiger partial charge is 0.338 e. The normalized spacial score (nSPS) is 18.3. The number of ether oxygens (including phenoxy) is 2. The average molecular weight is 340 g/mol. The number of rotatable bonds is 5. The van der Waals surface area contributed by atoms with Gasteiger partial charge in [-0.3, -0.25) is 5.32 Å². The van der Waals surface area contributed by atoms with E-state index in [-0.39, 0.29) is 12.1 Å². The van der Waals surface area contributed by atoms with Crippen LogP contribution in [0.3, 0.4) is 0 Å². The van der Waals surface area contributed by atoms with Crippen molar-refractivity contribution >= 4 is 28.3 Å². The van der Waals surface area contributed by atoms with Crippen LogP contribution >= 0.6 is 11.3 Å². The minimum Gasteiger partial charge on any atom is -0.465 e. The van der Waals surface area contributed by atoms with Crippen molar-refractivity contribution in [3.05, 3.63) is 17.0 Å². The number of anilines is 1. The van der Waals surface area contributed by atoms with E-state index in [0.717, 1.165) is 38.8 Å². The summed E-state index contributed by atoms with van der Waals surface area (Å²) in [5.41, 5.74) is 0.455. The molecular weight excluding hydrogens is 316 g/mol. The molecule has 128 valence electrons. The molecule has 7 heteroatoms. The first-order valence-corrected chi connectivity index (χ1v) is 8.86. The van der Waals surface area contributed by atoms with Gasteiger partial charge < -0.3 is 14.4 Å². The van der Waals surface area contributed by atoms with Gasteiger partial charge in [0.25, 0.3) is 0 Å². The predicted octanol–water partition coefficient (Wildman–Crippen LogP) is 3.35. The van der Waals surface area contributed by atoms with Gasteiger partial charge in [-0.05, 0) is 31.7 Å². The van der Waals surface area contributed by atoms with Crippen LogP contribution in [-0.4, -0.2) is 49.8 Å². The highest BCUT2D eigenvalue weighted by molar-refractivity contribution is 7.14. The number of nitrogens with one attached hydrogen (secondary N) is 1. The Hall–Kier alpha value is -1.60. The van der Waals surface area contributed by atoms with E-state index in [9.17, 15) is 9.59 Å². The minimum absolute atomic E-state index is 0.126. The number of likely N-dealkylation sites (tertiary alicyclic amines) is 1. The number of thiophene rings is 1. The summed E-state index contributed by atoms with van der Waals surface area (Å²) in [4.78, 5) is 25.6. The fraction of sp³-hybridized carbons (Fsp3) is 0.625. The minimum atomic E-state index is -0.396. The van der Waals surface area contributed by atoms with Crippen molar-refractivity contribution in [3.8, 4) is 0 Å². The Morgan fingerprint density at radius 1 is 1.39 bits per heavy atom. The number of amides is 2. The molecule has 0 aliphatic carbocycles. The van der Waals surface area contributed by atoms with Crippen molar-refractivity contribution < 1.29 is 19.1 Å². The van der Waals surface area contributed by atoms with Gasteiger partial charge in [0.15, 0.2) is 0 Å². The number of nitrogens with zero attached hydrogens (tertiary/aromatic N) is 1. The van der Waals surface area contributed by atoms with E-state index in [2.05, 4.69) is 17.0 Å². The molecule has 2 rings (SSSR count). The van der Waals surface area contributed by atoms with E-state index in [1.807, 2.05) is 4.90 Å². The number of carbonyl (C=O) groups is 2. The van der Waals surface area contributed by atoms with Crippen LogP contribution < -0.4 is 5.32 Å². The van der Waals surface area contributed by atoms with E-state index in [1.54, 1.807) is 11.4 Å². The van der Waals surface area contributed by atoms with E-state index in [4.69, 9.17) is 4.74 Å². The summed E-state index contributed by atoms with van der Waals surface area (Å²) < 4.78 is 10.5. The van der Waals surface area contributed by atoms with Crippen LogP contribution in [0.15, 0.2) is 11.4 Å². The first kappa shape index (κ1) is 17.7. The quantitative estimate of drug-likeness (QED) is 0.835. The average Bonchev–Trinajstić information content (AvgIpc) is 2.89. The molecule has 1 aromatic heterocycles. The summed E-state index contributed by atoms with van der Waals surface area (Å²) in [6, 6.07) is 1.51. The molecule has 0 spiro atoms. The fourth-order valence-corrected chi connectivity index (χ4v) is 3.29. The lowest BCUT2D eigenvalue weighted by molar-refractivity contribution is 0.0446. The molecule has 0 radical (unpaired) electrons. The SMILES string of the molecule is CCCOC1CCCN(C(=O)Nc2cc(C(=O)OC)cs2)CC1. The molecule has 2 heterocycles. The summed E-state index contributed by atoms with van der Waals surface area (Å²) in [7, 11) is 1.34. The van der Waals surface area contributed by atoms with E-state index in [0.29, 0.717) is 17.1 Å². The number of hydrogen-bond donors (Lipinski definition) is 1. The highest BCUT2D eigenvalue weighted by atomic mass is 32.1. The maximum Gasteiger partial charge on any atom is 0.338 e. The maximum absolute atomic E-state index is 12.4. The van der Waals surface area contributed by atoms with E-state index in [1.165, 1.54) is 18.4 Å². The summed E-state index contributed by atoms with van der Waals surface area (Å²) in [5, 5.41) is 5.18. The summed E-state index contributed by atoms with van der Waals surface area (Å²) in [5.74, 6) is -0.396. The molecule has 1 aromatic rings. The second-order valence-electron chi connectivity index (χ2n) is 5.53. The molecule has 1 saturated heterocycles. The lowest BCUT2D eigenvalue weighted by atomic mass is 10.2. The number of esters is 1. The van der Waals surface area contributed by atoms with Crippen LogP contribution in [-0.2, 0) is 9.47 Å². The predicted molar refractivity (Wildman–Crippen MR) is 90.1 cm³/mol. The van der Waals surface area contributed by atoms with Gasteiger partial charge in [0.05, 0.1) is 23.8 Å². The number of carbonyl (C=O) groups excluding carboxylic acids is 2. The van der Waals surface area contributed by atoms with Gasteiger partial charge in [-0.15, -0.1) is 11.3 Å². The Morgan fingerprint density at radius 3 is 2.96 bits per heavy atom. The van der Waals surface area contributed by atoms with Crippen LogP contribution in [0.1, 0.15) is 43.0 Å². The molecule has 1 aliphatic heterocycles. The monoisotopic (exact) mass is 340 g/mol. The number of urea groups is 1. The summed E-state index contributed by atoms with van der Waals surface area (Å²) in [6.07, 6.45) is 4.07. The summed E-state index contributed by atoms with van der Waals surface area (Å²) >= 11 is 1.32. The molecule has 6 nitrogen and oxygen atoms in total. The Morgan fingerprint density at radius 2 is 2.22 bits per heavy atom. The fourth-order valence-electron chi connectivity index (χ4n) is 2.53. The second-order valence-corrected chi connectivity index (χ2v) is 6.44. The second kappa shape index (κ2) is 8.88. The molecule has 0 bridgehead atoms. The summed E-state index contributed by atoms with van der Waals surface area (Å²) in [6.45, 7) is 4.30. The molecule has 0 saturated carbocycles. The first-order valence-electron chi connectivity index (χ1n) is 7.98. The Balaban J connectivity index is 1.85. The lowest BCUT2D eigenvalue weighted by Crippen LogP contribution is -2.35. The van der Waals surface area contributed by atoms with Crippen molar-refractivity contribution in [3.63, 3.8) is 0 Å². The molecule has 23 heavy (non-hydrogen) atoms. The molecule has 1 unspecified atom stereocenters. The molecule has 1 fully saturated rings. The lowest BCUT2D eigenvalue weighted by Gasteiger charge is -2.20. The van der Waals surface area contributed by atoms with Crippen molar-refractivity contribution in [2.24, 2.45) is 0 Å². The van der Waals surface area contributed by atoms with Crippen molar-refractivity contribution in [1.82, 2.24) is 4.90 Å². The van der Waals surface area contributed by atoms with Crippen LogP contribution in [0.25, 0.3) is 0 Å². The Bertz CT molecular complexity index is 532. The van der Waals surface area contributed by atoms with Gasteiger partial charge in [0.1, 0.15) is 0 Å². The zero-order valence-corrected chi connectivity index (χ0v) is 14.5. The highest BCUT2D eigenvalue weighted by Crippen LogP contribution is 2.22. The molecule has 2 amide bonds. The zero-order valence-electron chi connectivity index (χ0n) is 13.7. The van der Waals surface area contributed by atoms with Gasteiger partial charge in [0.2, 0.25) is 0 Å². The van der Waals surface area contributed by atoms with Crippen LogP contribution in [0.4, 0.5) is 9.80 Å². The largest absolute Gasteiger partial charge is 0.465 e. The highest BCUT2D eigenvalue weighted by Gasteiger charge is 2.21. The standard InChI is InChI=1S/C16H24N2O4S/c1-3-9-22-13-5-4-7-18(8-6-13)16(20)17-14-10-12(11-23-14)15(19)21-2/h10-11,13H,3-9H2,1-2H3,(H,17,20). The van der Waals surface area contributed by atoms with E-state index >= 15 is 0 Å². The topological polar surface area (TPSA) is 67.9 Å². The third-order valence-electron chi connectivity index (χ3n) is 3.77. The van der Waals surface area contributed by atoms with Crippen molar-refractivity contribution in [1.29, 1.82) is 0 Å². The van der Waals surface area contributed by atoms with Crippen molar-refractivity contribution in [2.75, 3.05) is 32.1 Å². The van der Waals surface area contributed by atoms with Crippen LogP contribution in [0.5, 0.6) is 0 Å². The van der Waals surface area contributed by atoms with Gasteiger partial charge in [-0.2, -0.15) is 0 Å². The van der Waals surface area contributed by atoms with Crippen LogP contribution in [0.2, 0.25) is 0 Å². The first-order chi connectivity index (χ1) is 11.1. The third-order valence-corrected chi connectivity index (χ3v) is 4.62. The number of methoxy groups -OCH3 is 1. The Kier molecular flexibility index (Phi) is 6.85. The molecule has 0 aromatic carbocycles. The van der Waals surface area contributed by atoms with Gasteiger partial charge >= 0.3 is 12.0 Å². The van der Waals surface area contributed by atoms with Gasteiger partial charge in [0, 0.05) is 25.1 Å². The molecule has 1 aliphatic rings. The number of hydrogen-bond acceptors (Lipinski definition) is 5. The molecule has 1 N–H and O–H groups in total. The Labute approximate surface area is 140 Å². The molecule has 1 atom stereocenters.